The van der Waals surface area contributed by atoms with Crippen LogP contribution in [0.2, 0.25) is 0 Å². The molecule has 0 spiro atoms. The van der Waals surface area contributed by atoms with Crippen molar-refractivity contribution in [1.82, 2.24) is 4.90 Å². The van der Waals surface area contributed by atoms with Crippen LogP contribution in [0.4, 0.5) is 5.82 Å². The first-order valence-corrected chi connectivity index (χ1v) is 7.90. The minimum atomic E-state index is -0.00443. The van der Waals surface area contributed by atoms with Crippen molar-refractivity contribution in [3.05, 3.63) is 17.2 Å². The molecule has 0 radical (unpaired) electrons. The summed E-state index contributed by atoms with van der Waals surface area (Å²) in [5.74, 6) is 0.392. The standard InChI is InChI=1S/C15H19N5OS/c1-9(2)20(10(3)4)13(21)8-22-15-12(7-17)5-11(6-16)14(18)19-15/h5,9-10H,8H2,1-4H3,(H2,18,19)/p+1. The zero-order valence-electron chi connectivity index (χ0n) is 13.2. The molecule has 1 heterocycles. The quantitative estimate of drug-likeness (QED) is 0.829. The number of hydrogen-bond donors (Lipinski definition) is 1. The molecule has 0 fully saturated rings. The zero-order chi connectivity index (χ0) is 16.9. The molecule has 1 aromatic heterocycles. The molecule has 0 aromatic carbocycles. The highest BCUT2D eigenvalue weighted by atomic mass is 32.2. The van der Waals surface area contributed by atoms with E-state index in [1.54, 1.807) is 4.90 Å². The fourth-order valence-electron chi connectivity index (χ4n) is 2.21. The molecule has 1 rings (SSSR count). The first-order valence-electron chi connectivity index (χ1n) is 6.91. The van der Waals surface area contributed by atoms with Gasteiger partial charge >= 0.3 is 0 Å². The third kappa shape index (κ3) is 4.12. The van der Waals surface area contributed by atoms with E-state index >= 15 is 0 Å². The van der Waals surface area contributed by atoms with Crippen LogP contribution in [0.1, 0.15) is 38.8 Å². The fraction of sp³-hybridized carbons (Fsp3) is 0.467. The van der Waals surface area contributed by atoms with Gasteiger partial charge in [0.2, 0.25) is 5.91 Å². The van der Waals surface area contributed by atoms with E-state index in [-0.39, 0.29) is 35.1 Å². The Balaban J connectivity index is 2.93. The van der Waals surface area contributed by atoms with Crippen molar-refractivity contribution >= 4 is 23.5 Å². The first-order chi connectivity index (χ1) is 10.3. The summed E-state index contributed by atoms with van der Waals surface area (Å²) in [5, 5.41) is 18.6. The average molecular weight is 318 g/mol. The van der Waals surface area contributed by atoms with Gasteiger partial charge in [0.25, 0.3) is 5.82 Å². The molecule has 0 atom stereocenters. The largest absolute Gasteiger partial charge is 0.337 e. The van der Waals surface area contributed by atoms with Gasteiger partial charge in [0.15, 0.2) is 5.03 Å². The van der Waals surface area contributed by atoms with Gasteiger partial charge in [-0.15, -0.1) is 0 Å². The maximum atomic E-state index is 12.3. The van der Waals surface area contributed by atoms with Crippen LogP contribution in [-0.2, 0) is 4.79 Å². The monoisotopic (exact) mass is 318 g/mol. The number of nitrogens with two attached hydrogens (primary N) is 1. The summed E-state index contributed by atoms with van der Waals surface area (Å²) in [7, 11) is 0. The molecule has 7 heteroatoms. The molecule has 0 aliphatic rings. The SMILES string of the molecule is CC(C)N(C(=O)CSc1[nH+]c(N)c(C#N)cc1C#N)C(C)C. The maximum absolute atomic E-state index is 12.3. The molecule has 0 saturated carbocycles. The molecule has 0 aliphatic heterocycles. The van der Waals surface area contributed by atoms with Gasteiger partial charge in [0.05, 0.1) is 5.75 Å². The Labute approximate surface area is 134 Å². The highest BCUT2D eigenvalue weighted by Gasteiger charge is 2.22. The smallest absolute Gasteiger partial charge is 0.289 e. The lowest BCUT2D eigenvalue weighted by molar-refractivity contribution is -0.410. The number of carbonyl (C=O) groups excluding carboxylic acids is 1. The second-order valence-electron chi connectivity index (χ2n) is 5.34. The van der Waals surface area contributed by atoms with E-state index in [0.29, 0.717) is 10.6 Å². The van der Waals surface area contributed by atoms with Crippen molar-refractivity contribution in [3.63, 3.8) is 0 Å². The van der Waals surface area contributed by atoms with Crippen molar-refractivity contribution in [2.24, 2.45) is 0 Å². The number of pyridine rings is 1. The number of nitrogens with zero attached hydrogens (tertiary/aromatic N) is 3. The number of nitrogens with one attached hydrogen (secondary N) is 1. The van der Waals surface area contributed by atoms with E-state index in [1.807, 2.05) is 39.8 Å². The molecular formula is C15H20N5OS+. The summed E-state index contributed by atoms with van der Waals surface area (Å²) in [6, 6.07) is 5.58. The van der Waals surface area contributed by atoms with Crippen LogP contribution >= 0.6 is 11.8 Å². The molecule has 22 heavy (non-hydrogen) atoms. The lowest BCUT2D eigenvalue weighted by atomic mass is 10.2. The summed E-state index contributed by atoms with van der Waals surface area (Å²) in [6.07, 6.45) is 0. The normalized spacial score (nSPS) is 10.4. The van der Waals surface area contributed by atoms with Gasteiger partial charge in [-0.1, -0.05) is 11.8 Å². The van der Waals surface area contributed by atoms with Crippen LogP contribution in [0, 0.1) is 22.7 Å². The number of aromatic nitrogens is 1. The van der Waals surface area contributed by atoms with Gasteiger partial charge in [-0.3, -0.25) is 10.5 Å². The molecule has 0 saturated heterocycles. The van der Waals surface area contributed by atoms with Crippen molar-refractivity contribution in [3.8, 4) is 12.1 Å². The number of nitriles is 2. The third-order valence-corrected chi connectivity index (χ3v) is 4.06. The van der Waals surface area contributed by atoms with E-state index < -0.39 is 0 Å². The maximum Gasteiger partial charge on any atom is 0.289 e. The summed E-state index contributed by atoms with van der Waals surface area (Å²) in [5.41, 5.74) is 6.25. The van der Waals surface area contributed by atoms with Gasteiger partial charge in [0, 0.05) is 12.1 Å². The Morgan fingerprint density at radius 2 is 1.82 bits per heavy atom. The molecular weight excluding hydrogens is 298 g/mol. The number of aromatic amines is 1. The lowest BCUT2D eigenvalue weighted by Crippen LogP contribution is -2.43. The van der Waals surface area contributed by atoms with Crippen molar-refractivity contribution in [2.75, 3.05) is 11.5 Å². The molecule has 1 aromatic rings. The van der Waals surface area contributed by atoms with Crippen molar-refractivity contribution < 1.29 is 9.78 Å². The van der Waals surface area contributed by atoms with Gasteiger partial charge < -0.3 is 4.90 Å². The Bertz CT molecular complexity index is 635. The Hall–Kier alpha value is -2.25. The minimum absolute atomic E-state index is 0.00443. The minimum Gasteiger partial charge on any atom is -0.337 e. The van der Waals surface area contributed by atoms with Gasteiger partial charge in [-0.2, -0.15) is 10.5 Å². The van der Waals surface area contributed by atoms with Gasteiger partial charge in [0.1, 0.15) is 23.3 Å². The second kappa shape index (κ2) is 7.67. The molecule has 1 amide bonds. The Morgan fingerprint density at radius 1 is 1.27 bits per heavy atom. The van der Waals surface area contributed by atoms with E-state index in [4.69, 9.17) is 16.3 Å². The predicted molar refractivity (Wildman–Crippen MR) is 84.7 cm³/mol. The molecule has 0 bridgehead atoms. The number of H-pyrrole nitrogens is 1. The number of carbonyl (C=O) groups is 1. The summed E-state index contributed by atoms with van der Waals surface area (Å²) < 4.78 is 0. The molecule has 0 aliphatic carbocycles. The molecule has 6 nitrogen and oxygen atoms in total. The summed E-state index contributed by atoms with van der Waals surface area (Å²) in [6.45, 7) is 7.87. The van der Waals surface area contributed by atoms with Crippen LogP contribution in [0.5, 0.6) is 0 Å². The molecule has 3 N–H and O–H groups in total. The summed E-state index contributed by atoms with van der Waals surface area (Å²) >= 11 is 1.22. The number of hydrogen-bond acceptors (Lipinski definition) is 5. The van der Waals surface area contributed by atoms with E-state index in [2.05, 4.69) is 4.98 Å². The zero-order valence-corrected chi connectivity index (χ0v) is 14.0. The molecule has 0 unspecified atom stereocenters. The molecule has 116 valence electrons. The van der Waals surface area contributed by atoms with Crippen LogP contribution in [-0.4, -0.2) is 28.6 Å². The topological polar surface area (TPSA) is 108 Å². The first kappa shape index (κ1) is 17.8. The Kier molecular flexibility index (Phi) is 6.21. The number of amides is 1. The van der Waals surface area contributed by atoms with Crippen LogP contribution < -0.4 is 10.7 Å². The van der Waals surface area contributed by atoms with Crippen molar-refractivity contribution in [2.45, 2.75) is 44.8 Å². The van der Waals surface area contributed by atoms with E-state index in [0.717, 1.165) is 0 Å². The summed E-state index contributed by atoms with van der Waals surface area (Å²) in [4.78, 5) is 17.0. The average Bonchev–Trinajstić information content (AvgIpc) is 2.44. The highest BCUT2D eigenvalue weighted by molar-refractivity contribution is 7.99. The van der Waals surface area contributed by atoms with E-state index in [1.165, 1.54) is 17.8 Å². The number of nitrogen functional groups attached to an aromatic ring is 1. The van der Waals surface area contributed by atoms with Crippen LogP contribution in [0.25, 0.3) is 0 Å². The van der Waals surface area contributed by atoms with Gasteiger partial charge in [-0.05, 0) is 33.8 Å². The predicted octanol–water partition coefficient (Wildman–Crippen LogP) is 1.56. The van der Waals surface area contributed by atoms with E-state index in [9.17, 15) is 4.79 Å². The number of anilines is 1. The highest BCUT2D eigenvalue weighted by Crippen LogP contribution is 2.21. The van der Waals surface area contributed by atoms with Gasteiger partial charge in [-0.25, -0.2) is 4.98 Å². The third-order valence-electron chi connectivity index (χ3n) is 3.05. The number of rotatable bonds is 5. The van der Waals surface area contributed by atoms with Crippen LogP contribution in [0.3, 0.4) is 0 Å². The Morgan fingerprint density at radius 3 is 2.27 bits per heavy atom. The lowest BCUT2D eigenvalue weighted by Gasteiger charge is -2.30. The second-order valence-corrected chi connectivity index (χ2v) is 6.33. The fourth-order valence-corrected chi connectivity index (χ4v) is 3.07. The van der Waals surface area contributed by atoms with Crippen LogP contribution in [0.15, 0.2) is 11.1 Å². The van der Waals surface area contributed by atoms with Crippen molar-refractivity contribution in [1.29, 1.82) is 10.5 Å². The number of thioether (sulfide) groups is 1.